The Balaban J connectivity index is 2.08. The topological polar surface area (TPSA) is 45.1 Å². The number of nitrogens with one attached hydrogen (secondary N) is 1. The summed E-state index contributed by atoms with van der Waals surface area (Å²) in [6, 6.07) is 7.15. The van der Waals surface area contributed by atoms with Gasteiger partial charge in [-0.2, -0.15) is 13.2 Å². The Bertz CT molecular complexity index is 599. The summed E-state index contributed by atoms with van der Waals surface area (Å²) in [6.45, 7) is -0.175. The van der Waals surface area contributed by atoms with Crippen molar-refractivity contribution in [2.45, 2.75) is 12.3 Å². The van der Waals surface area contributed by atoms with E-state index >= 15 is 0 Å². The molecule has 1 aromatic heterocycles. The highest BCUT2D eigenvalue weighted by atomic mass is 19.4. The van der Waals surface area contributed by atoms with E-state index in [1.165, 1.54) is 36.5 Å². The third-order valence-corrected chi connectivity index (χ3v) is 2.83. The van der Waals surface area contributed by atoms with Crippen LogP contribution < -0.4 is 5.32 Å². The van der Waals surface area contributed by atoms with Crippen LogP contribution in [0.4, 0.5) is 23.4 Å². The van der Waals surface area contributed by atoms with E-state index in [4.69, 9.17) is 0 Å². The molecule has 2 aromatic rings. The van der Waals surface area contributed by atoms with Crippen LogP contribution >= 0.6 is 0 Å². The fourth-order valence-corrected chi connectivity index (χ4v) is 1.77. The molecule has 1 heterocycles. The second-order valence-electron chi connectivity index (χ2n) is 4.35. The molecule has 1 aromatic carbocycles. The summed E-state index contributed by atoms with van der Waals surface area (Å²) in [4.78, 5) is 3.62. The molecule has 0 fully saturated rings. The molecule has 0 bridgehead atoms. The number of pyridine rings is 1. The van der Waals surface area contributed by atoms with Gasteiger partial charge in [0.15, 0.2) is 0 Å². The molecule has 0 saturated carbocycles. The molecular formula is C14H12F4N2O. The fraction of sp³-hybridized carbons (Fsp3) is 0.214. The van der Waals surface area contributed by atoms with E-state index in [0.29, 0.717) is 5.56 Å². The van der Waals surface area contributed by atoms with Gasteiger partial charge < -0.3 is 10.4 Å². The van der Waals surface area contributed by atoms with Gasteiger partial charge >= 0.3 is 6.18 Å². The maximum absolute atomic E-state index is 12.8. The minimum atomic E-state index is -4.53. The lowest BCUT2D eigenvalue weighted by Gasteiger charge is -2.16. The average molecular weight is 300 g/mol. The summed E-state index contributed by atoms with van der Waals surface area (Å²) in [7, 11) is 0. The number of hydrogen-bond acceptors (Lipinski definition) is 3. The zero-order valence-electron chi connectivity index (χ0n) is 10.7. The minimum absolute atomic E-state index is 0.175. The molecule has 0 spiro atoms. The summed E-state index contributed by atoms with van der Waals surface area (Å²) in [5, 5.41) is 12.3. The van der Waals surface area contributed by atoms with Crippen molar-refractivity contribution >= 4 is 5.82 Å². The van der Waals surface area contributed by atoms with E-state index in [1.807, 2.05) is 0 Å². The molecule has 112 valence electrons. The number of alkyl halides is 3. The molecule has 0 aliphatic heterocycles. The highest BCUT2D eigenvalue weighted by Crippen LogP contribution is 2.33. The number of rotatable bonds is 4. The third kappa shape index (κ3) is 3.91. The monoisotopic (exact) mass is 300 g/mol. The number of anilines is 1. The van der Waals surface area contributed by atoms with Crippen molar-refractivity contribution < 1.29 is 22.7 Å². The first kappa shape index (κ1) is 15.2. The molecule has 0 aliphatic rings. The number of aliphatic hydroxyl groups excluding tert-OH is 1. The van der Waals surface area contributed by atoms with Gasteiger partial charge in [0.25, 0.3) is 0 Å². The molecule has 1 atom stereocenters. The first-order valence-corrected chi connectivity index (χ1v) is 6.07. The maximum atomic E-state index is 12.8. The van der Waals surface area contributed by atoms with Crippen molar-refractivity contribution in [3.05, 3.63) is 59.5 Å². The van der Waals surface area contributed by atoms with E-state index in [0.717, 1.165) is 6.07 Å². The zero-order valence-corrected chi connectivity index (χ0v) is 10.7. The number of halogens is 4. The number of aliphatic hydroxyl groups is 1. The summed E-state index contributed by atoms with van der Waals surface area (Å²) < 4.78 is 51.0. The molecule has 0 radical (unpaired) electrons. The van der Waals surface area contributed by atoms with E-state index in [9.17, 15) is 22.7 Å². The van der Waals surface area contributed by atoms with Crippen molar-refractivity contribution in [2.75, 3.05) is 11.9 Å². The van der Waals surface area contributed by atoms with Crippen molar-refractivity contribution in [3.63, 3.8) is 0 Å². The molecule has 0 amide bonds. The van der Waals surface area contributed by atoms with Crippen molar-refractivity contribution in [2.24, 2.45) is 0 Å². The number of hydrogen-bond donors (Lipinski definition) is 2. The largest absolute Gasteiger partial charge is 0.419 e. The van der Waals surface area contributed by atoms with Crippen LogP contribution in [0.15, 0.2) is 42.6 Å². The second kappa shape index (κ2) is 6.09. The quantitative estimate of drug-likeness (QED) is 0.851. The Morgan fingerprint density at radius 3 is 2.43 bits per heavy atom. The molecular weight excluding hydrogens is 288 g/mol. The van der Waals surface area contributed by atoms with Gasteiger partial charge in [0, 0.05) is 12.7 Å². The predicted octanol–water partition coefficient (Wildman–Crippen LogP) is 3.39. The van der Waals surface area contributed by atoms with Gasteiger partial charge in [-0.3, -0.25) is 0 Å². The van der Waals surface area contributed by atoms with Gasteiger partial charge in [-0.25, -0.2) is 9.37 Å². The van der Waals surface area contributed by atoms with Gasteiger partial charge in [-0.15, -0.1) is 0 Å². The van der Waals surface area contributed by atoms with Crippen LogP contribution in [0.3, 0.4) is 0 Å². The SMILES string of the molecule is OC(CNc1ncccc1C(F)(F)F)c1ccc(F)cc1. The normalized spacial score (nSPS) is 13.0. The van der Waals surface area contributed by atoms with Gasteiger partial charge in [0.1, 0.15) is 11.6 Å². The molecule has 0 saturated heterocycles. The van der Waals surface area contributed by atoms with Crippen LogP contribution in [0.2, 0.25) is 0 Å². The number of aromatic nitrogens is 1. The van der Waals surface area contributed by atoms with E-state index in [1.54, 1.807) is 0 Å². The van der Waals surface area contributed by atoms with Gasteiger partial charge in [-0.1, -0.05) is 12.1 Å². The number of benzene rings is 1. The van der Waals surface area contributed by atoms with Crippen LogP contribution in [-0.2, 0) is 6.18 Å². The lowest BCUT2D eigenvalue weighted by molar-refractivity contribution is -0.137. The Hall–Kier alpha value is -2.15. The molecule has 21 heavy (non-hydrogen) atoms. The smallest absolute Gasteiger partial charge is 0.387 e. The third-order valence-electron chi connectivity index (χ3n) is 2.83. The highest BCUT2D eigenvalue weighted by Gasteiger charge is 2.34. The molecule has 2 rings (SSSR count). The zero-order chi connectivity index (χ0) is 15.5. The molecule has 2 N–H and O–H groups in total. The summed E-state index contributed by atoms with van der Waals surface area (Å²) >= 11 is 0. The Morgan fingerprint density at radius 2 is 1.81 bits per heavy atom. The standard InChI is InChI=1S/C14H12F4N2O/c15-10-5-3-9(4-6-10)12(21)8-20-13-11(14(16,17)18)2-1-7-19-13/h1-7,12,21H,8H2,(H,19,20). The fourth-order valence-electron chi connectivity index (χ4n) is 1.77. The van der Waals surface area contributed by atoms with Crippen LogP contribution in [0.25, 0.3) is 0 Å². The van der Waals surface area contributed by atoms with E-state index in [2.05, 4.69) is 10.3 Å². The molecule has 7 heteroatoms. The lowest BCUT2D eigenvalue weighted by Crippen LogP contribution is -2.17. The van der Waals surface area contributed by atoms with Crippen molar-refractivity contribution in [1.82, 2.24) is 4.98 Å². The Kier molecular flexibility index (Phi) is 4.42. The number of nitrogens with zero attached hydrogens (tertiary/aromatic N) is 1. The summed E-state index contributed by atoms with van der Waals surface area (Å²) in [5.41, 5.74) is -0.510. The lowest BCUT2D eigenvalue weighted by atomic mass is 10.1. The maximum Gasteiger partial charge on any atom is 0.419 e. The first-order valence-electron chi connectivity index (χ1n) is 6.07. The molecule has 0 aliphatic carbocycles. The van der Waals surface area contributed by atoms with Gasteiger partial charge in [-0.05, 0) is 29.8 Å². The first-order chi connectivity index (χ1) is 9.88. The van der Waals surface area contributed by atoms with E-state index < -0.39 is 23.7 Å². The Labute approximate surface area is 118 Å². The molecule has 3 nitrogen and oxygen atoms in total. The van der Waals surface area contributed by atoms with E-state index in [-0.39, 0.29) is 12.4 Å². The molecule has 1 unspecified atom stereocenters. The summed E-state index contributed by atoms with van der Waals surface area (Å²) in [5.74, 6) is -0.811. The van der Waals surface area contributed by atoms with Crippen LogP contribution in [-0.4, -0.2) is 16.6 Å². The van der Waals surface area contributed by atoms with Crippen molar-refractivity contribution in [1.29, 1.82) is 0 Å². The average Bonchev–Trinajstić information content (AvgIpc) is 2.45. The minimum Gasteiger partial charge on any atom is -0.387 e. The predicted molar refractivity (Wildman–Crippen MR) is 69.1 cm³/mol. The highest BCUT2D eigenvalue weighted by molar-refractivity contribution is 5.45. The van der Waals surface area contributed by atoms with Crippen molar-refractivity contribution in [3.8, 4) is 0 Å². The second-order valence-corrected chi connectivity index (χ2v) is 4.35. The van der Waals surface area contributed by atoms with Gasteiger partial charge in [0.2, 0.25) is 0 Å². The Morgan fingerprint density at radius 1 is 1.14 bits per heavy atom. The van der Waals surface area contributed by atoms with Crippen LogP contribution in [0.1, 0.15) is 17.2 Å². The van der Waals surface area contributed by atoms with Crippen LogP contribution in [0.5, 0.6) is 0 Å². The summed E-state index contributed by atoms with van der Waals surface area (Å²) in [6.07, 6.45) is -4.38. The van der Waals surface area contributed by atoms with Gasteiger partial charge in [0.05, 0.1) is 11.7 Å². The van der Waals surface area contributed by atoms with Crippen LogP contribution in [0, 0.1) is 5.82 Å².